The van der Waals surface area contributed by atoms with E-state index in [1.54, 1.807) is 13.2 Å². The maximum atomic E-state index is 12.4. The Morgan fingerprint density at radius 3 is 2.50 bits per heavy atom. The topological polar surface area (TPSA) is 87.5 Å². The van der Waals surface area contributed by atoms with Crippen LogP contribution in [0.3, 0.4) is 0 Å². The number of urea groups is 1. The van der Waals surface area contributed by atoms with Crippen LogP contribution in [0.15, 0.2) is 67.0 Å². The first kappa shape index (κ1) is 23.3. The maximum absolute atomic E-state index is 12.4. The van der Waals surface area contributed by atoms with Gasteiger partial charge in [-0.25, -0.2) is 4.79 Å². The third-order valence-electron chi connectivity index (χ3n) is 6.17. The Hall–Kier alpha value is -3.84. The standard InChI is InChI=1S/C27H31N5O2/c1-19-24(12-16-31(2)15-11-20-9-13-29-14-10-20)25-18-22(7-8-26(25)30-19)32(27(28)33)21-5-4-6-23(17-21)34-3/h4-10,13-14,17-18,30H,11-12,15-16H2,1-3H3,(H2,28,33). The number of aromatic nitrogens is 2. The van der Waals surface area contributed by atoms with Crippen molar-refractivity contribution in [1.29, 1.82) is 0 Å². The minimum absolute atomic E-state index is 0.544. The van der Waals surface area contributed by atoms with E-state index in [0.29, 0.717) is 11.4 Å². The molecule has 34 heavy (non-hydrogen) atoms. The van der Waals surface area contributed by atoms with Gasteiger partial charge in [-0.2, -0.15) is 0 Å². The largest absolute Gasteiger partial charge is 0.497 e. The van der Waals surface area contributed by atoms with Gasteiger partial charge in [0, 0.05) is 48.1 Å². The molecule has 3 N–H and O–H groups in total. The molecule has 0 fully saturated rings. The number of H-pyrrole nitrogens is 1. The van der Waals surface area contributed by atoms with Gasteiger partial charge in [-0.1, -0.05) is 6.07 Å². The molecule has 2 heterocycles. The van der Waals surface area contributed by atoms with E-state index in [0.717, 1.165) is 48.2 Å². The Labute approximate surface area is 200 Å². The smallest absolute Gasteiger partial charge is 0.323 e. The average molecular weight is 458 g/mol. The number of methoxy groups -OCH3 is 1. The van der Waals surface area contributed by atoms with Crippen LogP contribution < -0.4 is 15.4 Å². The van der Waals surface area contributed by atoms with E-state index < -0.39 is 6.03 Å². The predicted octanol–water partition coefficient (Wildman–Crippen LogP) is 4.81. The van der Waals surface area contributed by atoms with Crippen molar-refractivity contribution in [2.75, 3.05) is 32.1 Å². The molecule has 7 nitrogen and oxygen atoms in total. The van der Waals surface area contributed by atoms with Crippen molar-refractivity contribution in [1.82, 2.24) is 14.9 Å². The summed E-state index contributed by atoms with van der Waals surface area (Å²) in [6.45, 7) is 4.00. The first-order valence-corrected chi connectivity index (χ1v) is 11.4. The molecule has 0 saturated heterocycles. The maximum Gasteiger partial charge on any atom is 0.323 e. The fourth-order valence-electron chi connectivity index (χ4n) is 4.27. The molecule has 0 radical (unpaired) electrons. The summed E-state index contributed by atoms with van der Waals surface area (Å²) in [6, 6.07) is 16.9. The first-order chi connectivity index (χ1) is 16.5. The summed E-state index contributed by atoms with van der Waals surface area (Å²) in [5.74, 6) is 0.665. The van der Waals surface area contributed by atoms with Gasteiger partial charge < -0.3 is 20.4 Å². The summed E-state index contributed by atoms with van der Waals surface area (Å²) in [5.41, 5.74) is 11.9. The third-order valence-corrected chi connectivity index (χ3v) is 6.17. The average Bonchev–Trinajstić information content (AvgIpc) is 3.16. The lowest BCUT2D eigenvalue weighted by Crippen LogP contribution is -2.31. The van der Waals surface area contributed by atoms with Crippen LogP contribution in [0.1, 0.15) is 16.8 Å². The fourth-order valence-corrected chi connectivity index (χ4v) is 4.27. The molecule has 7 heteroatoms. The first-order valence-electron chi connectivity index (χ1n) is 11.4. The molecule has 0 bridgehead atoms. The summed E-state index contributed by atoms with van der Waals surface area (Å²) >= 11 is 0. The summed E-state index contributed by atoms with van der Waals surface area (Å²) in [6.07, 6.45) is 5.56. The number of hydrogen-bond donors (Lipinski definition) is 2. The lowest BCUT2D eigenvalue weighted by atomic mass is 10.1. The molecule has 2 aromatic carbocycles. The fraction of sp³-hybridized carbons (Fsp3) is 0.259. The van der Waals surface area contributed by atoms with E-state index in [9.17, 15) is 4.79 Å². The number of anilines is 2. The van der Waals surface area contributed by atoms with E-state index in [4.69, 9.17) is 10.5 Å². The number of hydrogen-bond acceptors (Lipinski definition) is 4. The normalized spacial score (nSPS) is 11.2. The molecule has 2 amide bonds. The number of benzene rings is 2. The van der Waals surface area contributed by atoms with Crippen molar-refractivity contribution < 1.29 is 9.53 Å². The highest BCUT2D eigenvalue weighted by atomic mass is 16.5. The molecule has 0 aliphatic rings. The lowest BCUT2D eigenvalue weighted by Gasteiger charge is -2.21. The molecule has 0 spiro atoms. The predicted molar refractivity (Wildman–Crippen MR) is 137 cm³/mol. The number of nitrogens with two attached hydrogens (primary N) is 1. The highest BCUT2D eigenvalue weighted by molar-refractivity contribution is 6.01. The zero-order valence-electron chi connectivity index (χ0n) is 19.9. The number of rotatable bonds is 9. The number of primary amides is 1. The molecule has 4 aromatic rings. The molecular formula is C27H31N5O2. The Balaban J connectivity index is 1.55. The monoisotopic (exact) mass is 457 g/mol. The van der Waals surface area contributed by atoms with Gasteiger partial charge in [-0.05, 0) is 80.4 Å². The highest BCUT2D eigenvalue weighted by Gasteiger charge is 2.18. The summed E-state index contributed by atoms with van der Waals surface area (Å²) in [7, 11) is 3.75. The third kappa shape index (κ3) is 5.21. The molecule has 176 valence electrons. The van der Waals surface area contributed by atoms with Crippen LogP contribution in [-0.4, -0.2) is 48.1 Å². The van der Waals surface area contributed by atoms with Crippen molar-refractivity contribution >= 4 is 28.3 Å². The molecular weight excluding hydrogens is 426 g/mol. The van der Waals surface area contributed by atoms with Gasteiger partial charge in [0.25, 0.3) is 0 Å². The number of pyridine rings is 1. The van der Waals surface area contributed by atoms with Crippen LogP contribution in [-0.2, 0) is 12.8 Å². The Kier molecular flexibility index (Phi) is 7.13. The number of nitrogens with zero attached hydrogens (tertiary/aromatic N) is 3. The summed E-state index contributed by atoms with van der Waals surface area (Å²) < 4.78 is 5.32. The zero-order chi connectivity index (χ0) is 24.1. The summed E-state index contributed by atoms with van der Waals surface area (Å²) in [5, 5.41) is 1.10. The van der Waals surface area contributed by atoms with Crippen LogP contribution in [0, 0.1) is 6.92 Å². The number of ether oxygens (including phenoxy) is 1. The van der Waals surface area contributed by atoms with Gasteiger partial charge in [0.15, 0.2) is 0 Å². The highest BCUT2D eigenvalue weighted by Crippen LogP contribution is 2.32. The van der Waals surface area contributed by atoms with Crippen molar-refractivity contribution in [2.45, 2.75) is 19.8 Å². The Morgan fingerprint density at radius 2 is 1.76 bits per heavy atom. The molecule has 4 rings (SSSR count). The van der Waals surface area contributed by atoms with Crippen LogP contribution >= 0.6 is 0 Å². The van der Waals surface area contributed by atoms with Crippen molar-refractivity contribution in [3.05, 3.63) is 83.8 Å². The van der Waals surface area contributed by atoms with Gasteiger partial charge in [-0.15, -0.1) is 0 Å². The summed E-state index contributed by atoms with van der Waals surface area (Å²) in [4.78, 5) is 23.8. The SMILES string of the molecule is COc1cccc(N(C(N)=O)c2ccc3[nH]c(C)c(CCN(C)CCc4ccncc4)c3c2)c1. The number of fused-ring (bicyclic) bond motifs is 1. The van der Waals surface area contributed by atoms with Gasteiger partial charge >= 0.3 is 6.03 Å². The number of carbonyl (C=O) groups is 1. The number of amides is 2. The van der Waals surface area contributed by atoms with Crippen molar-refractivity contribution in [3.8, 4) is 5.75 Å². The lowest BCUT2D eigenvalue weighted by molar-refractivity contribution is 0.256. The van der Waals surface area contributed by atoms with Gasteiger partial charge in [0.2, 0.25) is 0 Å². The quantitative estimate of drug-likeness (QED) is 0.377. The minimum atomic E-state index is -0.544. The van der Waals surface area contributed by atoms with E-state index in [2.05, 4.69) is 41.0 Å². The number of aromatic amines is 1. The van der Waals surface area contributed by atoms with Crippen molar-refractivity contribution in [3.63, 3.8) is 0 Å². The zero-order valence-corrected chi connectivity index (χ0v) is 19.9. The van der Waals surface area contributed by atoms with Crippen LogP contribution in [0.4, 0.5) is 16.2 Å². The molecule has 2 aromatic heterocycles. The second-order valence-electron chi connectivity index (χ2n) is 8.49. The number of nitrogens with one attached hydrogen (secondary N) is 1. The Morgan fingerprint density at radius 1 is 1.03 bits per heavy atom. The molecule has 0 aliphatic heterocycles. The van der Waals surface area contributed by atoms with Gasteiger partial charge in [-0.3, -0.25) is 9.88 Å². The second-order valence-corrected chi connectivity index (χ2v) is 8.49. The number of carbonyl (C=O) groups excluding carboxylic acids is 1. The van der Waals surface area contributed by atoms with Crippen LogP contribution in [0.2, 0.25) is 0 Å². The second kappa shape index (κ2) is 10.4. The van der Waals surface area contributed by atoms with Gasteiger partial charge in [0.05, 0.1) is 18.5 Å². The van der Waals surface area contributed by atoms with E-state index in [1.165, 1.54) is 16.0 Å². The van der Waals surface area contributed by atoms with E-state index in [-0.39, 0.29) is 0 Å². The number of aryl methyl sites for hydroxylation is 1. The molecule has 0 atom stereocenters. The van der Waals surface area contributed by atoms with Gasteiger partial charge in [0.1, 0.15) is 5.75 Å². The van der Waals surface area contributed by atoms with E-state index >= 15 is 0 Å². The van der Waals surface area contributed by atoms with Crippen molar-refractivity contribution in [2.24, 2.45) is 5.73 Å². The molecule has 0 unspecified atom stereocenters. The minimum Gasteiger partial charge on any atom is -0.497 e. The van der Waals surface area contributed by atoms with E-state index in [1.807, 2.05) is 48.8 Å². The number of likely N-dealkylation sites (N-methyl/N-ethyl adjacent to an activating group) is 1. The molecule has 0 aliphatic carbocycles. The molecule has 0 saturated carbocycles. The Bertz CT molecular complexity index is 1270. The van der Waals surface area contributed by atoms with Crippen LogP contribution in [0.25, 0.3) is 10.9 Å². The van der Waals surface area contributed by atoms with Crippen LogP contribution in [0.5, 0.6) is 5.75 Å².